The molecule has 11 heavy (non-hydrogen) atoms. The van der Waals surface area contributed by atoms with Crippen molar-refractivity contribution in [1.29, 1.82) is 0 Å². The number of rotatable bonds is 4. The molecule has 4 nitrogen and oxygen atoms in total. The van der Waals surface area contributed by atoms with Gasteiger partial charge in [0.05, 0.1) is 13.7 Å². The first-order chi connectivity index (χ1) is 5.26. The van der Waals surface area contributed by atoms with Crippen molar-refractivity contribution in [3.05, 3.63) is 12.0 Å². The third-order valence-electron chi connectivity index (χ3n) is 0.884. The highest BCUT2D eigenvalue weighted by Crippen LogP contribution is 1.98. The van der Waals surface area contributed by atoms with Gasteiger partial charge in [0.15, 0.2) is 5.70 Å². The van der Waals surface area contributed by atoms with Crippen LogP contribution in [0.5, 0.6) is 0 Å². The van der Waals surface area contributed by atoms with Gasteiger partial charge in [0.25, 0.3) is 0 Å². The van der Waals surface area contributed by atoms with E-state index < -0.39 is 5.97 Å². The molecule has 0 aliphatic carbocycles. The third kappa shape index (κ3) is 3.40. The van der Waals surface area contributed by atoms with Crippen molar-refractivity contribution < 1.29 is 14.3 Å². The zero-order valence-electron chi connectivity index (χ0n) is 6.66. The van der Waals surface area contributed by atoms with Crippen molar-refractivity contribution >= 4 is 12.7 Å². The zero-order chi connectivity index (χ0) is 8.69. The lowest BCUT2D eigenvalue weighted by molar-refractivity contribution is -0.138. The van der Waals surface area contributed by atoms with Crippen LogP contribution in [0.15, 0.2) is 17.0 Å². The molecule has 0 bridgehead atoms. The molecule has 0 aromatic heterocycles. The minimum atomic E-state index is -0.524. The fourth-order valence-electron chi connectivity index (χ4n) is 0.467. The predicted octanol–water partition coefficient (Wildman–Crippen LogP) is 0.738. The highest BCUT2D eigenvalue weighted by molar-refractivity contribution is 5.88. The van der Waals surface area contributed by atoms with Crippen molar-refractivity contribution in [1.82, 2.24) is 0 Å². The van der Waals surface area contributed by atoms with Crippen molar-refractivity contribution in [2.24, 2.45) is 4.99 Å². The molecule has 0 saturated carbocycles. The van der Waals surface area contributed by atoms with E-state index in [0.29, 0.717) is 6.61 Å². The fraction of sp³-hybridized carbons (Fsp3) is 0.429. The Balaban J connectivity index is 4.14. The minimum Gasteiger partial charge on any atom is -0.502 e. The summed E-state index contributed by atoms with van der Waals surface area (Å²) in [4.78, 5) is 14.3. The summed E-state index contributed by atoms with van der Waals surface area (Å²) >= 11 is 0. The summed E-state index contributed by atoms with van der Waals surface area (Å²) in [5.74, 6) is -0.524. The Hall–Kier alpha value is -1.32. The van der Waals surface area contributed by atoms with Crippen LogP contribution in [0, 0.1) is 0 Å². The molecule has 0 amide bonds. The molecule has 0 aliphatic heterocycles. The van der Waals surface area contributed by atoms with E-state index in [2.05, 4.69) is 21.2 Å². The standard InChI is InChI=1S/C7H11NO3/c1-4-11-7(9)6(8-2)5-10-3/h5H,2,4H2,1,3H3/b6-5-. The number of ether oxygens (including phenoxy) is 2. The molecule has 0 aromatic rings. The first-order valence-corrected chi connectivity index (χ1v) is 3.13. The number of esters is 1. The molecule has 0 aromatic carbocycles. The van der Waals surface area contributed by atoms with Gasteiger partial charge in [0.2, 0.25) is 0 Å². The van der Waals surface area contributed by atoms with Crippen molar-refractivity contribution in [2.75, 3.05) is 13.7 Å². The van der Waals surface area contributed by atoms with Gasteiger partial charge in [0.1, 0.15) is 6.26 Å². The smallest absolute Gasteiger partial charge is 0.360 e. The van der Waals surface area contributed by atoms with E-state index >= 15 is 0 Å². The number of hydrogen-bond acceptors (Lipinski definition) is 4. The Bertz CT molecular complexity index is 175. The summed E-state index contributed by atoms with van der Waals surface area (Å²) in [7, 11) is 1.42. The number of methoxy groups -OCH3 is 1. The number of carbonyl (C=O) groups excluding carboxylic acids is 1. The van der Waals surface area contributed by atoms with Gasteiger partial charge in [-0.2, -0.15) is 0 Å². The number of nitrogens with zero attached hydrogens (tertiary/aromatic N) is 1. The highest BCUT2D eigenvalue weighted by atomic mass is 16.5. The molecular formula is C7H11NO3. The summed E-state index contributed by atoms with van der Waals surface area (Å²) in [6, 6.07) is 0. The zero-order valence-corrected chi connectivity index (χ0v) is 6.66. The molecule has 0 aliphatic rings. The van der Waals surface area contributed by atoms with Gasteiger partial charge in [0, 0.05) is 0 Å². The maximum Gasteiger partial charge on any atom is 0.360 e. The van der Waals surface area contributed by atoms with Crippen LogP contribution in [-0.4, -0.2) is 26.4 Å². The topological polar surface area (TPSA) is 47.9 Å². The monoisotopic (exact) mass is 157 g/mol. The molecule has 0 N–H and O–H groups in total. The Kier molecular flexibility index (Phi) is 4.81. The first-order valence-electron chi connectivity index (χ1n) is 3.13. The van der Waals surface area contributed by atoms with E-state index in [1.807, 2.05) is 0 Å². The maximum atomic E-state index is 10.9. The average Bonchev–Trinajstić information content (AvgIpc) is 2.00. The van der Waals surface area contributed by atoms with Gasteiger partial charge in [-0.25, -0.2) is 4.79 Å². The molecule has 0 fully saturated rings. The van der Waals surface area contributed by atoms with Gasteiger partial charge >= 0.3 is 5.97 Å². The Morgan fingerprint density at radius 3 is 2.73 bits per heavy atom. The third-order valence-corrected chi connectivity index (χ3v) is 0.884. The number of aliphatic imine (C=N–C) groups is 1. The summed E-state index contributed by atoms with van der Waals surface area (Å²) in [6.45, 7) is 5.21. The van der Waals surface area contributed by atoms with E-state index in [0.717, 1.165) is 0 Å². The van der Waals surface area contributed by atoms with Crippen LogP contribution < -0.4 is 0 Å². The van der Waals surface area contributed by atoms with Crippen LogP contribution in [0.25, 0.3) is 0 Å². The van der Waals surface area contributed by atoms with Crippen LogP contribution >= 0.6 is 0 Å². The molecule has 0 saturated heterocycles. The van der Waals surface area contributed by atoms with Crippen molar-refractivity contribution in [2.45, 2.75) is 6.92 Å². The minimum absolute atomic E-state index is 0.0781. The number of hydrogen-bond donors (Lipinski definition) is 0. The molecule has 0 spiro atoms. The first kappa shape index (κ1) is 9.68. The highest BCUT2D eigenvalue weighted by Gasteiger charge is 2.07. The van der Waals surface area contributed by atoms with E-state index in [-0.39, 0.29) is 5.70 Å². The summed E-state index contributed by atoms with van der Waals surface area (Å²) < 4.78 is 9.19. The molecule has 0 heterocycles. The fourth-order valence-corrected chi connectivity index (χ4v) is 0.467. The molecule has 0 unspecified atom stereocenters. The predicted molar refractivity (Wildman–Crippen MR) is 41.3 cm³/mol. The van der Waals surface area contributed by atoms with Crippen molar-refractivity contribution in [3.63, 3.8) is 0 Å². The average molecular weight is 157 g/mol. The van der Waals surface area contributed by atoms with Crippen LogP contribution in [0.2, 0.25) is 0 Å². The van der Waals surface area contributed by atoms with Crippen LogP contribution in [-0.2, 0) is 14.3 Å². The lowest BCUT2D eigenvalue weighted by Crippen LogP contribution is -2.05. The van der Waals surface area contributed by atoms with Crippen LogP contribution in [0.3, 0.4) is 0 Å². The summed E-state index contributed by atoms with van der Waals surface area (Å²) in [5, 5.41) is 0. The second-order valence-corrected chi connectivity index (χ2v) is 1.62. The molecule has 62 valence electrons. The van der Waals surface area contributed by atoms with E-state index in [4.69, 9.17) is 0 Å². The van der Waals surface area contributed by atoms with Crippen LogP contribution in [0.4, 0.5) is 0 Å². The van der Waals surface area contributed by atoms with Gasteiger partial charge in [-0.1, -0.05) is 0 Å². The summed E-state index contributed by atoms with van der Waals surface area (Å²) in [6.07, 6.45) is 1.19. The summed E-state index contributed by atoms with van der Waals surface area (Å²) in [5.41, 5.74) is 0.0781. The van der Waals surface area contributed by atoms with Crippen molar-refractivity contribution in [3.8, 4) is 0 Å². The Morgan fingerprint density at radius 2 is 2.36 bits per heavy atom. The SMILES string of the molecule is C=N/C(=C\OC)C(=O)OCC. The maximum absolute atomic E-state index is 10.9. The van der Waals surface area contributed by atoms with Gasteiger partial charge in [-0.05, 0) is 13.6 Å². The second-order valence-electron chi connectivity index (χ2n) is 1.62. The largest absolute Gasteiger partial charge is 0.502 e. The van der Waals surface area contributed by atoms with E-state index in [1.165, 1.54) is 13.4 Å². The van der Waals surface area contributed by atoms with E-state index in [9.17, 15) is 4.79 Å². The molecule has 4 heteroatoms. The molecule has 0 radical (unpaired) electrons. The van der Waals surface area contributed by atoms with Crippen LogP contribution in [0.1, 0.15) is 6.92 Å². The molecule has 0 atom stereocenters. The Morgan fingerprint density at radius 1 is 1.73 bits per heavy atom. The van der Waals surface area contributed by atoms with Gasteiger partial charge in [-0.15, -0.1) is 0 Å². The lowest BCUT2D eigenvalue weighted by atomic mass is 10.5. The van der Waals surface area contributed by atoms with Gasteiger partial charge in [-0.3, -0.25) is 4.99 Å². The second kappa shape index (κ2) is 5.46. The molecular weight excluding hydrogens is 146 g/mol. The lowest BCUT2D eigenvalue weighted by Gasteiger charge is -1.99. The normalized spacial score (nSPS) is 10.5. The quantitative estimate of drug-likeness (QED) is 0.262. The Labute approximate surface area is 65.5 Å². The van der Waals surface area contributed by atoms with Gasteiger partial charge < -0.3 is 9.47 Å². The molecule has 0 rings (SSSR count). The number of carbonyl (C=O) groups is 1. The van der Waals surface area contributed by atoms with E-state index in [1.54, 1.807) is 6.92 Å².